The molecule has 0 amide bonds. The number of carbonyl (C=O) groups is 1. The summed E-state index contributed by atoms with van der Waals surface area (Å²) in [5.41, 5.74) is 0.954. The number of carbonyl (C=O) groups excluding carboxylic acids is 1. The van der Waals surface area contributed by atoms with E-state index in [1.54, 1.807) is 27.0 Å². The van der Waals surface area contributed by atoms with Gasteiger partial charge in [0.05, 0.1) is 20.3 Å². The van der Waals surface area contributed by atoms with Crippen molar-refractivity contribution in [2.45, 2.75) is 44.6 Å². The number of ether oxygens (including phenoxy) is 5. The average molecular weight is 362 g/mol. The highest BCUT2D eigenvalue weighted by molar-refractivity contribution is 5.81. The first-order valence-corrected chi connectivity index (χ1v) is 8.40. The molecule has 6 nitrogen and oxygen atoms in total. The molecule has 1 aliphatic rings. The molecule has 0 radical (unpaired) electrons. The van der Waals surface area contributed by atoms with Gasteiger partial charge in [-0.3, -0.25) is 0 Å². The quantitative estimate of drug-likeness (QED) is 0.382. The molecule has 3 atom stereocenters. The Morgan fingerprint density at radius 1 is 1.35 bits per heavy atom. The van der Waals surface area contributed by atoms with E-state index in [0.717, 1.165) is 17.4 Å². The summed E-state index contributed by atoms with van der Waals surface area (Å²) in [6.45, 7) is 11.5. The lowest BCUT2D eigenvalue weighted by Gasteiger charge is -2.29. The Morgan fingerprint density at radius 2 is 2.04 bits per heavy atom. The number of esters is 1. The van der Waals surface area contributed by atoms with Crippen LogP contribution in [0.4, 0.5) is 0 Å². The summed E-state index contributed by atoms with van der Waals surface area (Å²) in [5, 5.41) is 0. The van der Waals surface area contributed by atoms with Crippen molar-refractivity contribution in [2.75, 3.05) is 13.7 Å². The van der Waals surface area contributed by atoms with Gasteiger partial charge in [-0.2, -0.15) is 0 Å². The summed E-state index contributed by atoms with van der Waals surface area (Å²) >= 11 is 0. The number of hydrogen-bond acceptors (Lipinski definition) is 6. The lowest BCUT2D eigenvalue weighted by atomic mass is 10.1. The molecule has 6 heteroatoms. The van der Waals surface area contributed by atoms with Crippen molar-refractivity contribution >= 4 is 5.97 Å². The Bertz CT molecular complexity index is 622. The molecule has 0 spiro atoms. The van der Waals surface area contributed by atoms with Crippen LogP contribution in [0.15, 0.2) is 49.6 Å². The lowest BCUT2D eigenvalue weighted by Crippen LogP contribution is -2.43. The summed E-state index contributed by atoms with van der Waals surface area (Å²) in [4.78, 5) is 11.8. The molecule has 1 heterocycles. The van der Waals surface area contributed by atoms with E-state index >= 15 is 0 Å². The third kappa shape index (κ3) is 5.42. The molecule has 1 saturated heterocycles. The predicted octanol–water partition coefficient (Wildman–Crippen LogP) is 3.02. The summed E-state index contributed by atoms with van der Waals surface area (Å²) in [6.07, 6.45) is 0.978. The van der Waals surface area contributed by atoms with Gasteiger partial charge in [-0.05, 0) is 31.5 Å². The molecule has 0 bridgehead atoms. The maximum absolute atomic E-state index is 11.8. The maximum Gasteiger partial charge on any atom is 0.330 e. The van der Waals surface area contributed by atoms with Crippen molar-refractivity contribution in [3.8, 4) is 5.75 Å². The van der Waals surface area contributed by atoms with E-state index in [2.05, 4.69) is 13.2 Å². The van der Waals surface area contributed by atoms with E-state index in [9.17, 15) is 4.79 Å². The van der Waals surface area contributed by atoms with Crippen LogP contribution in [0.5, 0.6) is 5.75 Å². The van der Waals surface area contributed by atoms with Gasteiger partial charge in [-0.25, -0.2) is 4.79 Å². The van der Waals surface area contributed by atoms with Crippen LogP contribution in [0, 0.1) is 0 Å². The van der Waals surface area contributed by atoms with Gasteiger partial charge in [0.25, 0.3) is 0 Å². The van der Waals surface area contributed by atoms with Gasteiger partial charge in [0.15, 0.2) is 11.9 Å². The molecule has 26 heavy (non-hydrogen) atoms. The van der Waals surface area contributed by atoms with Crippen molar-refractivity contribution in [1.29, 1.82) is 0 Å². The number of benzene rings is 1. The second kappa shape index (κ2) is 8.98. The lowest BCUT2D eigenvalue weighted by molar-refractivity contribution is -0.179. The van der Waals surface area contributed by atoms with E-state index in [-0.39, 0.29) is 0 Å². The van der Waals surface area contributed by atoms with Gasteiger partial charge in [0.2, 0.25) is 0 Å². The smallest absolute Gasteiger partial charge is 0.330 e. The zero-order valence-corrected chi connectivity index (χ0v) is 15.5. The number of methoxy groups -OCH3 is 1. The second-order valence-electron chi connectivity index (χ2n) is 6.33. The van der Waals surface area contributed by atoms with Crippen molar-refractivity contribution in [3.05, 3.63) is 55.1 Å². The van der Waals surface area contributed by atoms with E-state index in [1.165, 1.54) is 0 Å². The van der Waals surface area contributed by atoms with E-state index in [0.29, 0.717) is 13.2 Å². The average Bonchev–Trinajstić information content (AvgIpc) is 3.01. The molecule has 1 aliphatic heterocycles. The van der Waals surface area contributed by atoms with Crippen LogP contribution in [0.25, 0.3) is 0 Å². The minimum Gasteiger partial charge on any atom is -0.497 e. The van der Waals surface area contributed by atoms with Crippen molar-refractivity contribution in [2.24, 2.45) is 0 Å². The Morgan fingerprint density at radius 3 is 2.54 bits per heavy atom. The Labute approximate surface area is 154 Å². The van der Waals surface area contributed by atoms with Crippen LogP contribution in [0.3, 0.4) is 0 Å². The van der Waals surface area contributed by atoms with Crippen LogP contribution in [-0.2, 0) is 30.3 Å². The van der Waals surface area contributed by atoms with Crippen LogP contribution in [0.2, 0.25) is 0 Å². The van der Waals surface area contributed by atoms with Crippen LogP contribution < -0.4 is 4.74 Å². The Balaban J connectivity index is 2.07. The fourth-order valence-electron chi connectivity index (χ4n) is 2.63. The largest absolute Gasteiger partial charge is 0.497 e. The minimum atomic E-state index is -0.745. The van der Waals surface area contributed by atoms with Crippen LogP contribution in [-0.4, -0.2) is 43.8 Å². The van der Waals surface area contributed by atoms with Gasteiger partial charge in [-0.1, -0.05) is 24.8 Å². The highest BCUT2D eigenvalue weighted by Crippen LogP contribution is 2.28. The van der Waals surface area contributed by atoms with E-state index in [1.807, 2.05) is 24.3 Å². The minimum absolute atomic E-state index is 0.290. The fourth-order valence-corrected chi connectivity index (χ4v) is 2.63. The highest BCUT2D eigenvalue weighted by atomic mass is 16.8. The van der Waals surface area contributed by atoms with Crippen molar-refractivity contribution in [3.63, 3.8) is 0 Å². The predicted molar refractivity (Wildman–Crippen MR) is 96.7 cm³/mol. The SMILES string of the molecule is C=CC(=O)O[C@@H]([C@@H](C=C)OCc1ccc(OC)cc1)[C@H]1COC(C)(C)O1. The van der Waals surface area contributed by atoms with Crippen LogP contribution >= 0.6 is 0 Å². The van der Waals surface area contributed by atoms with Gasteiger partial charge in [0, 0.05) is 6.08 Å². The molecule has 0 saturated carbocycles. The molecule has 2 rings (SSSR count). The Kier molecular flexibility index (Phi) is 6.97. The zero-order chi connectivity index (χ0) is 19.2. The summed E-state index contributed by atoms with van der Waals surface area (Å²) in [6, 6.07) is 7.52. The molecule has 0 aliphatic carbocycles. The second-order valence-corrected chi connectivity index (χ2v) is 6.33. The summed E-state index contributed by atoms with van der Waals surface area (Å²) in [7, 11) is 1.61. The third-order valence-corrected chi connectivity index (χ3v) is 3.97. The fraction of sp³-hybridized carbons (Fsp3) is 0.450. The third-order valence-electron chi connectivity index (χ3n) is 3.97. The first kappa shape index (κ1) is 20.2. The van der Waals surface area contributed by atoms with Gasteiger partial charge in [0.1, 0.15) is 18.0 Å². The molecule has 1 fully saturated rings. The molecule has 1 aromatic carbocycles. The highest BCUT2D eigenvalue weighted by Gasteiger charge is 2.42. The maximum atomic E-state index is 11.8. The van der Waals surface area contributed by atoms with Gasteiger partial charge in [-0.15, -0.1) is 6.58 Å². The Hall–Kier alpha value is -2.15. The first-order valence-electron chi connectivity index (χ1n) is 8.40. The molecule has 0 aromatic heterocycles. The molecule has 0 unspecified atom stereocenters. The van der Waals surface area contributed by atoms with Crippen molar-refractivity contribution in [1.82, 2.24) is 0 Å². The molecule has 1 aromatic rings. The van der Waals surface area contributed by atoms with Crippen LogP contribution in [0.1, 0.15) is 19.4 Å². The number of rotatable bonds is 9. The summed E-state index contributed by atoms with van der Waals surface area (Å²) < 4.78 is 28.0. The molecule has 142 valence electrons. The zero-order valence-electron chi connectivity index (χ0n) is 15.5. The van der Waals surface area contributed by atoms with Crippen molar-refractivity contribution < 1.29 is 28.5 Å². The monoisotopic (exact) mass is 362 g/mol. The summed E-state index contributed by atoms with van der Waals surface area (Å²) in [5.74, 6) is -0.528. The first-order chi connectivity index (χ1) is 12.4. The van der Waals surface area contributed by atoms with Gasteiger partial charge < -0.3 is 23.7 Å². The van der Waals surface area contributed by atoms with E-state index in [4.69, 9.17) is 23.7 Å². The standard InChI is InChI=1S/C20H26O6/c1-6-16(23-12-14-8-10-15(22-5)11-9-14)19(25-18(21)7-2)17-13-24-20(3,4)26-17/h6-11,16-17,19H,1-2,12-13H2,3-5H3/t16-,17-,19+/m1/s1. The topological polar surface area (TPSA) is 63.2 Å². The molecule has 0 N–H and O–H groups in total. The number of hydrogen-bond donors (Lipinski definition) is 0. The molecular formula is C20H26O6. The van der Waals surface area contributed by atoms with E-state index < -0.39 is 30.1 Å². The van der Waals surface area contributed by atoms with Gasteiger partial charge >= 0.3 is 5.97 Å². The normalized spacial score (nSPS) is 20.8. The molecular weight excluding hydrogens is 336 g/mol.